The first kappa shape index (κ1) is 8.08. The van der Waals surface area contributed by atoms with Gasteiger partial charge < -0.3 is 0 Å². The van der Waals surface area contributed by atoms with E-state index in [1.54, 1.807) is 6.82 Å². The van der Waals surface area contributed by atoms with Gasteiger partial charge in [0.15, 0.2) is 0 Å². The molecule has 0 bridgehead atoms. The Morgan fingerprint density at radius 3 is 1.86 bits per heavy atom. The topological polar surface area (TPSA) is 12.4 Å². The average Bonchev–Trinajstić information content (AvgIpc) is 1.30. The average molecular weight is 178 g/mol. The van der Waals surface area contributed by atoms with Gasteiger partial charge in [0.05, 0.1) is 0 Å². The van der Waals surface area contributed by atoms with Crippen LogP contribution in [0.4, 0.5) is 0 Å². The van der Waals surface area contributed by atoms with Crippen molar-refractivity contribution in [2.45, 2.75) is 6.82 Å². The molecular weight excluding hydrogens is 175 g/mol. The molecule has 0 atom stereocenters. The van der Waals surface area contributed by atoms with Gasteiger partial charge in [-0.05, 0) is 0 Å². The summed E-state index contributed by atoms with van der Waals surface area (Å²) in [6.07, 6.45) is 0. The van der Waals surface area contributed by atoms with Gasteiger partial charge in [-0.25, -0.2) is 0 Å². The third kappa shape index (κ3) is 7.08. The summed E-state index contributed by atoms with van der Waals surface area (Å²) in [7, 11) is 15.0. The van der Waals surface area contributed by atoms with E-state index < -0.39 is 7.85 Å². The molecule has 0 aromatic heterocycles. The van der Waals surface area contributed by atoms with Crippen LogP contribution in [0.1, 0.15) is 0 Å². The van der Waals surface area contributed by atoms with Crippen LogP contribution in [-0.2, 0) is 0 Å². The van der Waals surface area contributed by atoms with Crippen LogP contribution < -0.4 is 0 Å². The summed E-state index contributed by atoms with van der Waals surface area (Å²) in [6, 6.07) is 0. The van der Waals surface area contributed by atoms with E-state index in [0.717, 1.165) is 0 Å². The Balaban J connectivity index is 3.56. The summed E-state index contributed by atoms with van der Waals surface area (Å²) in [5.74, 6) is 0. The van der Waals surface area contributed by atoms with Crippen LogP contribution in [0.2, 0.25) is 6.82 Å². The summed E-state index contributed by atoms with van der Waals surface area (Å²) in [4.78, 5) is 0. The normalized spacial score (nSPS) is 14.3. The maximum atomic E-state index is 5.25. The monoisotopic (exact) mass is 177 g/mol. The molecule has 0 fully saturated rings. The van der Waals surface area contributed by atoms with Crippen LogP contribution in [0.25, 0.3) is 0 Å². The molecule has 0 aliphatic carbocycles. The standard InChI is InChI=1S/CH3BCl3NS/c1-2-6-7(3,4)5/h1H3. The van der Waals surface area contributed by atoms with E-state index in [0.29, 0.717) is 0 Å². The van der Waals surface area contributed by atoms with E-state index in [9.17, 15) is 0 Å². The molecule has 0 aromatic rings. The van der Waals surface area contributed by atoms with Gasteiger partial charge in [-0.15, -0.1) is 0 Å². The van der Waals surface area contributed by atoms with Crippen molar-refractivity contribution in [2.75, 3.05) is 0 Å². The molecule has 0 spiro atoms. The number of hydrogen-bond acceptors (Lipinski definition) is 1. The van der Waals surface area contributed by atoms with Gasteiger partial charge in [0.2, 0.25) is 0 Å². The molecule has 0 saturated carbocycles. The Bertz CT molecular complexity index is 77.5. The Morgan fingerprint density at radius 1 is 1.43 bits per heavy atom. The Morgan fingerprint density at radius 2 is 1.86 bits per heavy atom. The van der Waals surface area contributed by atoms with Gasteiger partial charge in [-0.3, -0.25) is 0 Å². The summed E-state index contributed by atoms with van der Waals surface area (Å²) < 4.78 is 3.51. The minimum atomic E-state index is -2.19. The van der Waals surface area contributed by atoms with Gasteiger partial charge in [0.1, 0.15) is 0 Å². The molecule has 0 aliphatic heterocycles. The second-order valence-electron chi connectivity index (χ2n) is 0.746. The number of halogens is 3. The van der Waals surface area contributed by atoms with Gasteiger partial charge in [0.25, 0.3) is 0 Å². The Labute approximate surface area is 58.2 Å². The second kappa shape index (κ2) is 3.18. The molecule has 0 aromatic carbocycles. The van der Waals surface area contributed by atoms with Crippen LogP contribution in [0.5, 0.6) is 0 Å². The molecule has 0 radical (unpaired) electrons. The van der Waals surface area contributed by atoms with Crippen molar-refractivity contribution in [3.05, 3.63) is 0 Å². The number of rotatable bonds is 1. The third-order valence-electron chi connectivity index (χ3n) is 0.225. The molecular formula is CH3BCl3NS. The summed E-state index contributed by atoms with van der Waals surface area (Å²) in [5.41, 5.74) is 0. The van der Waals surface area contributed by atoms with Gasteiger partial charge in [0, 0.05) is 0 Å². The fourth-order valence-electron chi connectivity index (χ4n) is 0.120. The van der Waals surface area contributed by atoms with E-state index in [-0.39, 0.29) is 0 Å². The molecule has 6 heteroatoms. The number of nitrogens with zero attached hydrogens (tertiary/aromatic N) is 1. The molecule has 42 valence electrons. The van der Waals surface area contributed by atoms with E-state index >= 15 is 0 Å². The van der Waals surface area contributed by atoms with Crippen LogP contribution in [0.3, 0.4) is 0 Å². The first-order valence-corrected chi connectivity index (χ1v) is 5.55. The quantitative estimate of drug-likeness (QED) is 0.547. The van der Waals surface area contributed by atoms with Crippen LogP contribution in [0, 0.1) is 0 Å². The van der Waals surface area contributed by atoms with Crippen molar-refractivity contribution >= 4 is 47.0 Å². The fourth-order valence-corrected chi connectivity index (χ4v) is 1.08. The minimum absolute atomic E-state index is 1.47. The van der Waals surface area contributed by atoms with Crippen molar-refractivity contribution in [3.8, 4) is 0 Å². The summed E-state index contributed by atoms with van der Waals surface area (Å²) in [5, 5.41) is 0. The zero-order valence-electron chi connectivity index (χ0n) is 3.57. The zero-order chi connectivity index (χ0) is 5.91. The summed E-state index contributed by atoms with van der Waals surface area (Å²) in [6.45, 7) is 1.70. The Hall–Kier alpha value is 1.08. The van der Waals surface area contributed by atoms with Crippen molar-refractivity contribution in [2.24, 2.45) is 4.30 Å². The Kier molecular flexibility index (Phi) is 3.67. The van der Waals surface area contributed by atoms with Crippen molar-refractivity contribution in [1.29, 1.82) is 0 Å². The molecule has 0 heterocycles. The molecule has 0 amide bonds. The van der Waals surface area contributed by atoms with E-state index in [4.69, 9.17) is 32.0 Å². The van der Waals surface area contributed by atoms with Gasteiger partial charge >= 0.3 is 58.1 Å². The molecule has 7 heavy (non-hydrogen) atoms. The molecule has 0 rings (SSSR count). The van der Waals surface area contributed by atoms with E-state index in [1.165, 1.54) is 7.07 Å². The molecule has 1 nitrogen and oxygen atoms in total. The molecule has 0 N–H and O–H groups in total. The maximum absolute atomic E-state index is 5.25. The fraction of sp³-hybridized carbons (Fsp3) is 1.00. The van der Waals surface area contributed by atoms with E-state index in [2.05, 4.69) is 4.30 Å². The van der Waals surface area contributed by atoms with Crippen LogP contribution >= 0.6 is 39.9 Å². The summed E-state index contributed by atoms with van der Waals surface area (Å²) >= 11 is 0. The molecule has 0 aliphatic rings. The van der Waals surface area contributed by atoms with Gasteiger partial charge in [-0.2, -0.15) is 0 Å². The predicted molar refractivity (Wildman–Crippen MR) is 39.2 cm³/mol. The van der Waals surface area contributed by atoms with Crippen molar-refractivity contribution in [1.82, 2.24) is 0 Å². The van der Waals surface area contributed by atoms with Gasteiger partial charge in [-0.1, -0.05) is 0 Å². The zero-order valence-corrected chi connectivity index (χ0v) is 6.65. The third-order valence-corrected chi connectivity index (χ3v) is 1.39. The van der Waals surface area contributed by atoms with Crippen LogP contribution in [-0.4, -0.2) is 7.07 Å². The predicted octanol–water partition coefficient (Wildman–Crippen LogP) is 3.10. The van der Waals surface area contributed by atoms with Crippen molar-refractivity contribution in [3.63, 3.8) is 0 Å². The molecule has 0 saturated heterocycles. The second-order valence-corrected chi connectivity index (χ2v) is 7.16. The SMILES string of the molecule is CB=NS(Cl)(Cl)Cl. The molecule has 0 unspecified atom stereocenters. The van der Waals surface area contributed by atoms with Crippen LogP contribution in [0.15, 0.2) is 4.30 Å². The number of hydrogen-bond donors (Lipinski definition) is 0. The van der Waals surface area contributed by atoms with E-state index in [1.807, 2.05) is 0 Å². The van der Waals surface area contributed by atoms with Crippen molar-refractivity contribution < 1.29 is 0 Å². The first-order valence-electron chi connectivity index (χ1n) is 1.48. The first-order chi connectivity index (χ1) is 3.06.